The van der Waals surface area contributed by atoms with Crippen LogP contribution in [-0.4, -0.2) is 46.5 Å². The van der Waals surface area contributed by atoms with E-state index in [-0.39, 0.29) is 6.61 Å². The second-order valence-electron chi connectivity index (χ2n) is 4.80. The van der Waals surface area contributed by atoms with Crippen molar-refractivity contribution in [1.29, 1.82) is 0 Å². The molecule has 1 heterocycles. The molecule has 0 aliphatic carbocycles. The van der Waals surface area contributed by atoms with Gasteiger partial charge in [-0.2, -0.15) is 0 Å². The lowest BCUT2D eigenvalue weighted by Crippen LogP contribution is -2.35. The lowest BCUT2D eigenvalue weighted by Gasteiger charge is -2.18. The predicted octanol–water partition coefficient (Wildman–Crippen LogP) is 0.658. The first kappa shape index (κ1) is 13.3. The van der Waals surface area contributed by atoms with Gasteiger partial charge in [0.25, 0.3) is 0 Å². The molecule has 5 nitrogen and oxygen atoms in total. The van der Waals surface area contributed by atoms with Gasteiger partial charge in [-0.15, -0.1) is 0 Å². The highest BCUT2D eigenvalue weighted by Gasteiger charge is 2.43. The number of benzene rings is 2. The maximum absolute atomic E-state index is 9.88. The minimum Gasteiger partial charge on any atom is -0.461 e. The minimum atomic E-state index is -1.19. The fourth-order valence-corrected chi connectivity index (χ4v) is 2.39. The van der Waals surface area contributed by atoms with E-state index in [0.717, 1.165) is 10.8 Å². The van der Waals surface area contributed by atoms with Gasteiger partial charge in [0, 0.05) is 5.39 Å². The van der Waals surface area contributed by atoms with Gasteiger partial charge in [0.1, 0.15) is 24.1 Å². The van der Waals surface area contributed by atoms with Gasteiger partial charge in [-0.3, -0.25) is 0 Å². The van der Waals surface area contributed by atoms with Gasteiger partial charge in [0.05, 0.1) is 6.61 Å². The molecule has 1 unspecified atom stereocenters. The first-order valence-electron chi connectivity index (χ1n) is 6.47. The molecule has 0 amide bonds. The molecule has 1 aliphatic rings. The van der Waals surface area contributed by atoms with Crippen molar-refractivity contribution < 1.29 is 24.8 Å². The van der Waals surface area contributed by atoms with Crippen LogP contribution in [0.3, 0.4) is 0 Å². The van der Waals surface area contributed by atoms with E-state index in [1.807, 2.05) is 36.4 Å². The predicted molar refractivity (Wildman–Crippen MR) is 72.3 cm³/mol. The van der Waals surface area contributed by atoms with Crippen molar-refractivity contribution in [3.63, 3.8) is 0 Å². The van der Waals surface area contributed by atoms with Gasteiger partial charge >= 0.3 is 0 Å². The fourth-order valence-electron chi connectivity index (χ4n) is 2.39. The largest absolute Gasteiger partial charge is 0.461 e. The summed E-state index contributed by atoms with van der Waals surface area (Å²) >= 11 is 0. The summed E-state index contributed by atoms with van der Waals surface area (Å²) in [6.07, 6.45) is -4.16. The van der Waals surface area contributed by atoms with E-state index in [2.05, 4.69) is 0 Å². The zero-order chi connectivity index (χ0) is 14.1. The Morgan fingerprint density at radius 1 is 1.00 bits per heavy atom. The van der Waals surface area contributed by atoms with Crippen LogP contribution in [0.15, 0.2) is 42.5 Å². The van der Waals surface area contributed by atoms with Gasteiger partial charge in [-0.25, -0.2) is 0 Å². The number of aliphatic hydroxyl groups is 3. The van der Waals surface area contributed by atoms with Gasteiger partial charge in [-0.05, 0) is 11.5 Å². The van der Waals surface area contributed by atoms with Crippen LogP contribution in [0.1, 0.15) is 0 Å². The molecule has 3 rings (SSSR count). The maximum atomic E-state index is 9.88. The van der Waals surface area contributed by atoms with Crippen LogP contribution in [0.25, 0.3) is 10.8 Å². The third kappa shape index (κ3) is 2.25. The third-order valence-corrected chi connectivity index (χ3v) is 3.49. The number of fused-ring (bicyclic) bond motifs is 1. The quantitative estimate of drug-likeness (QED) is 0.767. The molecule has 1 saturated heterocycles. The summed E-state index contributed by atoms with van der Waals surface area (Å²) in [5.41, 5.74) is 0. The average Bonchev–Trinajstić information content (AvgIpc) is 2.75. The summed E-state index contributed by atoms with van der Waals surface area (Å²) in [7, 11) is 0. The molecule has 3 N–H and O–H groups in total. The topological polar surface area (TPSA) is 79.2 Å². The number of ether oxygens (including phenoxy) is 2. The molecule has 106 valence electrons. The molecule has 20 heavy (non-hydrogen) atoms. The van der Waals surface area contributed by atoms with Crippen LogP contribution < -0.4 is 4.74 Å². The standard InChI is InChI=1S/C15H16O5/c16-8-12-13(17)14(18)15(20-12)19-11-7-3-5-9-4-1-2-6-10(9)11/h1-7,12-18H,8H2/t12-,13-,14-,15?/m1/s1. The van der Waals surface area contributed by atoms with Crippen molar-refractivity contribution in [2.24, 2.45) is 0 Å². The lowest BCUT2D eigenvalue weighted by molar-refractivity contribution is -0.115. The number of hydrogen-bond acceptors (Lipinski definition) is 5. The number of hydrogen-bond donors (Lipinski definition) is 3. The fraction of sp³-hybridized carbons (Fsp3) is 0.333. The Kier molecular flexibility index (Phi) is 3.58. The average molecular weight is 276 g/mol. The molecule has 0 bridgehead atoms. The molecule has 2 aromatic carbocycles. The SMILES string of the molecule is OC[C@H]1OC(Oc2cccc3ccccc23)[C@H](O)[C@@H]1O. The van der Waals surface area contributed by atoms with Crippen molar-refractivity contribution in [3.8, 4) is 5.75 Å². The number of aliphatic hydroxyl groups excluding tert-OH is 3. The first-order valence-corrected chi connectivity index (χ1v) is 6.47. The van der Waals surface area contributed by atoms with Crippen LogP contribution in [0.4, 0.5) is 0 Å². The molecular weight excluding hydrogens is 260 g/mol. The van der Waals surface area contributed by atoms with Crippen LogP contribution >= 0.6 is 0 Å². The molecule has 4 atom stereocenters. The molecule has 0 saturated carbocycles. The Hall–Kier alpha value is -1.66. The van der Waals surface area contributed by atoms with Gasteiger partial charge in [-0.1, -0.05) is 36.4 Å². The van der Waals surface area contributed by atoms with Crippen molar-refractivity contribution in [2.45, 2.75) is 24.6 Å². The van der Waals surface area contributed by atoms with Crippen molar-refractivity contribution in [2.75, 3.05) is 6.61 Å². The molecule has 1 aliphatic heterocycles. The molecule has 2 aromatic rings. The zero-order valence-electron chi connectivity index (χ0n) is 10.7. The van der Waals surface area contributed by atoms with Crippen LogP contribution in [0, 0.1) is 0 Å². The normalized spacial score (nSPS) is 29.8. The lowest BCUT2D eigenvalue weighted by atomic mass is 10.1. The summed E-state index contributed by atoms with van der Waals surface area (Å²) in [6, 6.07) is 13.3. The maximum Gasteiger partial charge on any atom is 0.229 e. The summed E-state index contributed by atoms with van der Waals surface area (Å²) in [6.45, 7) is -0.367. The van der Waals surface area contributed by atoms with Gasteiger partial charge in [0.2, 0.25) is 6.29 Å². The smallest absolute Gasteiger partial charge is 0.229 e. The Morgan fingerprint density at radius 2 is 1.75 bits per heavy atom. The summed E-state index contributed by atoms with van der Waals surface area (Å²) in [4.78, 5) is 0. The van der Waals surface area contributed by atoms with E-state index < -0.39 is 24.6 Å². The van der Waals surface area contributed by atoms with Crippen molar-refractivity contribution >= 4 is 10.8 Å². The van der Waals surface area contributed by atoms with E-state index >= 15 is 0 Å². The molecule has 0 radical (unpaired) electrons. The Morgan fingerprint density at radius 3 is 2.50 bits per heavy atom. The van der Waals surface area contributed by atoms with E-state index in [9.17, 15) is 10.2 Å². The number of rotatable bonds is 3. The van der Waals surface area contributed by atoms with Crippen LogP contribution in [0.5, 0.6) is 5.75 Å². The van der Waals surface area contributed by atoms with Crippen molar-refractivity contribution in [1.82, 2.24) is 0 Å². The van der Waals surface area contributed by atoms with Crippen LogP contribution in [0.2, 0.25) is 0 Å². The minimum absolute atomic E-state index is 0.367. The third-order valence-electron chi connectivity index (χ3n) is 3.49. The highest BCUT2D eigenvalue weighted by atomic mass is 16.7. The van der Waals surface area contributed by atoms with Gasteiger partial charge in [0.15, 0.2) is 0 Å². The summed E-state index contributed by atoms with van der Waals surface area (Å²) in [5.74, 6) is 0.568. The molecule has 0 spiro atoms. The van der Waals surface area contributed by atoms with Gasteiger partial charge < -0.3 is 24.8 Å². The second kappa shape index (κ2) is 5.38. The summed E-state index contributed by atoms with van der Waals surface area (Å²) in [5, 5.41) is 30.6. The zero-order valence-corrected chi connectivity index (χ0v) is 10.7. The molecule has 0 aromatic heterocycles. The monoisotopic (exact) mass is 276 g/mol. The molecule has 1 fully saturated rings. The Bertz CT molecular complexity index is 594. The highest BCUT2D eigenvalue weighted by Crippen LogP contribution is 2.29. The molecular formula is C15H16O5. The Balaban J connectivity index is 1.87. The molecule has 5 heteroatoms. The Labute approximate surface area is 116 Å². The van der Waals surface area contributed by atoms with E-state index in [1.54, 1.807) is 6.07 Å². The van der Waals surface area contributed by atoms with E-state index in [4.69, 9.17) is 14.6 Å². The first-order chi connectivity index (χ1) is 9.70. The summed E-state index contributed by atoms with van der Waals surface area (Å²) < 4.78 is 11.0. The second-order valence-corrected chi connectivity index (χ2v) is 4.80. The van der Waals surface area contributed by atoms with Crippen molar-refractivity contribution in [3.05, 3.63) is 42.5 Å². The van der Waals surface area contributed by atoms with Crippen LogP contribution in [-0.2, 0) is 4.74 Å². The van der Waals surface area contributed by atoms with E-state index in [1.165, 1.54) is 0 Å². The highest BCUT2D eigenvalue weighted by molar-refractivity contribution is 5.88. The van der Waals surface area contributed by atoms with E-state index in [0.29, 0.717) is 5.75 Å².